The molecule has 1 fully saturated rings. The van der Waals surface area contributed by atoms with Gasteiger partial charge in [0.1, 0.15) is 0 Å². The van der Waals surface area contributed by atoms with Gasteiger partial charge in [0.25, 0.3) is 0 Å². The summed E-state index contributed by atoms with van der Waals surface area (Å²) in [5.74, 6) is 0.147. The minimum Gasteiger partial charge on any atom is -0.450 e. The largest absolute Gasteiger partial charge is 0.450 e. The maximum atomic E-state index is 13.1. The minimum absolute atomic E-state index is 0.147. The van der Waals surface area contributed by atoms with Crippen molar-refractivity contribution in [3.63, 3.8) is 0 Å². The molecule has 3 atom stereocenters. The number of carbonyl (C=O) groups excluding carboxylic acids is 2. The fourth-order valence-electron chi connectivity index (χ4n) is 3.89. The summed E-state index contributed by atoms with van der Waals surface area (Å²) < 4.78 is 4.86. The van der Waals surface area contributed by atoms with Gasteiger partial charge in [-0.05, 0) is 64.4 Å². The molecule has 168 valence electrons. The number of aryl methyl sites for hydroxylation is 1. The number of hydrogen-bond acceptors (Lipinski definition) is 5. The average Bonchev–Trinajstić information content (AvgIpc) is 3.17. The lowest BCUT2D eigenvalue weighted by molar-refractivity contribution is -0.134. The van der Waals surface area contributed by atoms with Gasteiger partial charge in [0, 0.05) is 19.1 Å². The normalized spacial score (nSPS) is 18.1. The summed E-state index contributed by atoms with van der Waals surface area (Å²) in [4.78, 5) is 26.5. The van der Waals surface area contributed by atoms with Crippen molar-refractivity contribution in [1.82, 2.24) is 15.5 Å². The molecule has 0 radical (unpaired) electrons. The Bertz CT molecular complexity index is 641. The van der Waals surface area contributed by atoms with E-state index in [1.807, 2.05) is 23.1 Å². The predicted molar refractivity (Wildman–Crippen MR) is 119 cm³/mol. The van der Waals surface area contributed by atoms with Crippen LogP contribution in [-0.2, 0) is 16.0 Å². The number of nitrogens with zero attached hydrogens (tertiary/aromatic N) is 1. The lowest BCUT2D eigenvalue weighted by atomic mass is 10.0. The molecular formula is C23H38N4O3. The van der Waals surface area contributed by atoms with E-state index >= 15 is 0 Å². The van der Waals surface area contributed by atoms with Gasteiger partial charge in [0.15, 0.2) is 0 Å². The summed E-state index contributed by atoms with van der Waals surface area (Å²) in [5.41, 5.74) is 7.59. The first-order valence-electron chi connectivity index (χ1n) is 11.3. The number of rotatable bonds is 12. The molecule has 3 unspecified atom stereocenters. The van der Waals surface area contributed by atoms with Gasteiger partial charge in [-0.15, -0.1) is 0 Å². The van der Waals surface area contributed by atoms with Crippen molar-refractivity contribution in [3.8, 4) is 0 Å². The molecule has 0 spiro atoms. The van der Waals surface area contributed by atoms with Gasteiger partial charge in [-0.1, -0.05) is 30.3 Å². The van der Waals surface area contributed by atoms with Crippen LogP contribution in [0, 0.1) is 0 Å². The van der Waals surface area contributed by atoms with Gasteiger partial charge >= 0.3 is 6.09 Å². The molecule has 0 aliphatic carbocycles. The standard InChI is InChI=1S/C23H38N4O3/c1-3-30-23(29)25-16-8-7-13-20(22(28)27-17-9-10-18(27)2)26-21(24)15-14-19-11-5-4-6-12-19/h4-6,11-12,18,20-21,26H,3,7-10,13-17,24H2,1-2H3,(H,25,29). The number of amides is 2. The maximum Gasteiger partial charge on any atom is 0.407 e. The average molecular weight is 419 g/mol. The van der Waals surface area contributed by atoms with Crippen molar-refractivity contribution in [2.24, 2.45) is 5.73 Å². The Morgan fingerprint density at radius 3 is 2.67 bits per heavy atom. The summed E-state index contributed by atoms with van der Waals surface area (Å²) in [6.07, 6.45) is 5.44. The number of carbonyl (C=O) groups is 2. The van der Waals surface area contributed by atoms with Crippen molar-refractivity contribution < 1.29 is 14.3 Å². The molecule has 1 aromatic carbocycles. The molecule has 4 N–H and O–H groups in total. The van der Waals surface area contributed by atoms with Crippen LogP contribution in [0.2, 0.25) is 0 Å². The van der Waals surface area contributed by atoms with Crippen LogP contribution in [0.5, 0.6) is 0 Å². The fraction of sp³-hybridized carbons (Fsp3) is 0.652. The first-order chi connectivity index (χ1) is 14.5. The Labute approximate surface area is 180 Å². The summed E-state index contributed by atoms with van der Waals surface area (Å²) in [6, 6.07) is 10.2. The molecule has 2 rings (SSSR count). The number of hydrogen-bond donors (Lipinski definition) is 3. The lowest BCUT2D eigenvalue weighted by Gasteiger charge is -2.29. The van der Waals surface area contributed by atoms with Crippen LogP contribution in [0.4, 0.5) is 4.79 Å². The van der Waals surface area contributed by atoms with E-state index in [1.165, 1.54) is 5.56 Å². The Balaban J connectivity index is 1.83. The molecule has 0 aromatic heterocycles. The second-order valence-corrected chi connectivity index (χ2v) is 8.02. The van der Waals surface area contributed by atoms with Crippen molar-refractivity contribution in [2.75, 3.05) is 19.7 Å². The van der Waals surface area contributed by atoms with E-state index in [4.69, 9.17) is 10.5 Å². The molecule has 7 nitrogen and oxygen atoms in total. The summed E-state index contributed by atoms with van der Waals surface area (Å²) in [7, 11) is 0. The Hall–Kier alpha value is -2.12. The second-order valence-electron chi connectivity index (χ2n) is 8.02. The summed E-state index contributed by atoms with van der Waals surface area (Å²) >= 11 is 0. The van der Waals surface area contributed by atoms with Gasteiger partial charge in [-0.3, -0.25) is 10.1 Å². The van der Waals surface area contributed by atoms with Crippen molar-refractivity contribution >= 4 is 12.0 Å². The van der Waals surface area contributed by atoms with Crippen LogP contribution < -0.4 is 16.4 Å². The third-order valence-electron chi connectivity index (χ3n) is 5.60. The smallest absolute Gasteiger partial charge is 0.407 e. The maximum absolute atomic E-state index is 13.1. The van der Waals surface area contributed by atoms with Crippen LogP contribution in [0.25, 0.3) is 0 Å². The molecule has 1 aromatic rings. The number of likely N-dealkylation sites (tertiary alicyclic amines) is 1. The van der Waals surface area contributed by atoms with Crippen molar-refractivity contribution in [3.05, 3.63) is 35.9 Å². The van der Waals surface area contributed by atoms with Gasteiger partial charge in [-0.2, -0.15) is 0 Å². The van der Waals surface area contributed by atoms with Crippen LogP contribution in [0.3, 0.4) is 0 Å². The quantitative estimate of drug-likeness (QED) is 0.358. The highest BCUT2D eigenvalue weighted by Gasteiger charge is 2.31. The van der Waals surface area contributed by atoms with Crippen molar-refractivity contribution in [1.29, 1.82) is 0 Å². The Morgan fingerprint density at radius 1 is 1.23 bits per heavy atom. The molecule has 1 saturated heterocycles. The van der Waals surface area contributed by atoms with Gasteiger partial charge in [0.05, 0.1) is 18.8 Å². The van der Waals surface area contributed by atoms with E-state index < -0.39 is 6.09 Å². The molecule has 7 heteroatoms. The summed E-state index contributed by atoms with van der Waals surface area (Å²) in [6.45, 7) is 5.62. The van der Waals surface area contributed by atoms with E-state index in [1.54, 1.807) is 6.92 Å². The molecule has 0 saturated carbocycles. The first kappa shape index (κ1) is 24.2. The number of nitrogens with one attached hydrogen (secondary N) is 2. The zero-order valence-electron chi connectivity index (χ0n) is 18.4. The monoisotopic (exact) mass is 418 g/mol. The van der Waals surface area contributed by atoms with Gasteiger partial charge in [0.2, 0.25) is 5.91 Å². The Morgan fingerprint density at radius 2 is 2.00 bits per heavy atom. The van der Waals surface area contributed by atoms with Crippen LogP contribution in [0.15, 0.2) is 30.3 Å². The van der Waals surface area contributed by atoms with E-state index in [0.29, 0.717) is 19.6 Å². The molecule has 1 heterocycles. The number of ether oxygens (including phenoxy) is 1. The second kappa shape index (κ2) is 13.2. The molecule has 1 aliphatic heterocycles. The fourth-order valence-corrected chi connectivity index (χ4v) is 3.89. The van der Waals surface area contributed by atoms with Gasteiger partial charge in [-0.25, -0.2) is 4.79 Å². The van der Waals surface area contributed by atoms with E-state index in [2.05, 4.69) is 29.7 Å². The molecular weight excluding hydrogens is 380 g/mol. The number of alkyl carbamates (subject to hydrolysis) is 1. The highest BCUT2D eigenvalue weighted by Crippen LogP contribution is 2.19. The highest BCUT2D eigenvalue weighted by atomic mass is 16.5. The van der Waals surface area contributed by atoms with E-state index in [9.17, 15) is 9.59 Å². The third kappa shape index (κ3) is 8.32. The molecule has 2 amide bonds. The summed E-state index contributed by atoms with van der Waals surface area (Å²) in [5, 5.41) is 6.11. The SMILES string of the molecule is CCOC(=O)NCCCCC(NC(N)CCc1ccccc1)C(=O)N1CCCC1C. The van der Waals surface area contributed by atoms with E-state index in [-0.39, 0.29) is 24.2 Å². The first-order valence-corrected chi connectivity index (χ1v) is 11.3. The lowest BCUT2D eigenvalue weighted by Crippen LogP contribution is -2.53. The molecule has 30 heavy (non-hydrogen) atoms. The van der Waals surface area contributed by atoms with Gasteiger partial charge < -0.3 is 20.7 Å². The van der Waals surface area contributed by atoms with Crippen LogP contribution in [0.1, 0.15) is 57.9 Å². The van der Waals surface area contributed by atoms with Crippen molar-refractivity contribution in [2.45, 2.75) is 77.0 Å². The zero-order valence-corrected chi connectivity index (χ0v) is 18.4. The number of unbranched alkanes of at least 4 members (excludes halogenated alkanes) is 1. The van der Waals surface area contributed by atoms with Crippen LogP contribution in [-0.4, -0.2) is 54.8 Å². The molecule has 1 aliphatic rings. The zero-order chi connectivity index (χ0) is 21.8. The van der Waals surface area contributed by atoms with E-state index in [0.717, 1.165) is 45.1 Å². The number of benzene rings is 1. The topological polar surface area (TPSA) is 96.7 Å². The van der Waals surface area contributed by atoms with Crippen LogP contribution >= 0.6 is 0 Å². The Kier molecular flexibility index (Phi) is 10.7. The molecule has 0 bridgehead atoms. The predicted octanol–water partition coefficient (Wildman–Crippen LogP) is 2.79. The minimum atomic E-state index is -0.392. The number of nitrogens with two attached hydrogens (primary N) is 1. The highest BCUT2D eigenvalue weighted by molar-refractivity contribution is 5.82. The third-order valence-corrected chi connectivity index (χ3v) is 5.60.